The normalized spacial score (nSPS) is 22.1. The predicted molar refractivity (Wildman–Crippen MR) is 122 cm³/mol. The lowest BCUT2D eigenvalue weighted by molar-refractivity contribution is 0.519. The van der Waals surface area contributed by atoms with Gasteiger partial charge in [-0.2, -0.15) is 0 Å². The summed E-state index contributed by atoms with van der Waals surface area (Å²) in [6.45, 7) is 5.67. The van der Waals surface area contributed by atoms with Gasteiger partial charge in [-0.05, 0) is 43.1 Å². The minimum Gasteiger partial charge on any atom is -0.309 e. The topological polar surface area (TPSA) is 61.8 Å². The van der Waals surface area contributed by atoms with E-state index in [0.29, 0.717) is 48.6 Å². The third-order valence-electron chi connectivity index (χ3n) is 6.82. The lowest BCUT2D eigenvalue weighted by atomic mass is 9.93. The molecule has 2 bridgehead atoms. The number of nitrogens with zero attached hydrogens (tertiary/aromatic N) is 4. The van der Waals surface area contributed by atoms with Gasteiger partial charge in [0.25, 0.3) is 5.56 Å². The molecule has 0 radical (unpaired) electrons. The summed E-state index contributed by atoms with van der Waals surface area (Å²) in [5.41, 5.74) is 1.82. The summed E-state index contributed by atoms with van der Waals surface area (Å²) in [6.07, 6.45) is 8.44. The second kappa shape index (κ2) is 7.98. The maximum Gasteiger partial charge on any atom is 0.332 e. The minimum absolute atomic E-state index is 0.213. The third kappa shape index (κ3) is 3.29. The van der Waals surface area contributed by atoms with E-state index in [4.69, 9.17) is 4.98 Å². The van der Waals surface area contributed by atoms with E-state index in [0.717, 1.165) is 30.7 Å². The zero-order valence-electron chi connectivity index (χ0n) is 18.3. The molecule has 0 saturated heterocycles. The van der Waals surface area contributed by atoms with Crippen LogP contribution in [0.25, 0.3) is 11.2 Å². The highest BCUT2D eigenvalue weighted by Crippen LogP contribution is 2.48. The van der Waals surface area contributed by atoms with Crippen LogP contribution in [0.4, 0.5) is 0 Å². The van der Waals surface area contributed by atoms with E-state index in [1.807, 2.05) is 25.1 Å². The molecular formula is C25H30N4O2. The van der Waals surface area contributed by atoms with Crippen molar-refractivity contribution < 1.29 is 0 Å². The molecule has 5 rings (SSSR count). The zero-order valence-corrected chi connectivity index (χ0v) is 18.3. The Balaban J connectivity index is 1.79. The predicted octanol–water partition coefficient (Wildman–Crippen LogP) is 3.91. The standard InChI is InChI=1S/C25H30N4O2/c1-3-12-27-23-21(24(30)28(13-4-2)25(27)31)26-22(20-15-18-10-11-19(20)14-18)29(23)16-17-8-6-5-7-9-17/h5-11,18-20H,3-4,12-16H2,1-2H3/t18-,19+,20+/m1/s1. The number of benzene rings is 1. The average molecular weight is 419 g/mol. The highest BCUT2D eigenvalue weighted by atomic mass is 16.2. The molecule has 2 aliphatic rings. The second-order valence-electron chi connectivity index (χ2n) is 8.99. The van der Waals surface area contributed by atoms with Crippen molar-refractivity contribution >= 4 is 11.2 Å². The fraction of sp³-hybridized carbons (Fsp3) is 0.480. The first kappa shape index (κ1) is 20.0. The van der Waals surface area contributed by atoms with E-state index in [-0.39, 0.29) is 11.2 Å². The highest BCUT2D eigenvalue weighted by Gasteiger charge is 2.40. The van der Waals surface area contributed by atoms with Gasteiger partial charge < -0.3 is 4.57 Å². The number of aryl methyl sites for hydroxylation is 1. The fourth-order valence-corrected chi connectivity index (χ4v) is 5.46. The first-order chi connectivity index (χ1) is 15.1. The van der Waals surface area contributed by atoms with Crippen LogP contribution in [0.15, 0.2) is 52.1 Å². The molecule has 31 heavy (non-hydrogen) atoms. The van der Waals surface area contributed by atoms with E-state index < -0.39 is 0 Å². The van der Waals surface area contributed by atoms with Crippen molar-refractivity contribution in [3.05, 3.63) is 74.7 Å². The smallest absolute Gasteiger partial charge is 0.309 e. The SMILES string of the molecule is CCCn1c(=O)c2nc([C@H]3C[C@@H]4C=C[C@H]3C4)n(Cc3ccccc3)c2n(CCC)c1=O. The van der Waals surface area contributed by atoms with Gasteiger partial charge >= 0.3 is 5.69 Å². The van der Waals surface area contributed by atoms with Crippen molar-refractivity contribution in [2.45, 2.75) is 65.1 Å². The van der Waals surface area contributed by atoms with Crippen LogP contribution in [0.5, 0.6) is 0 Å². The van der Waals surface area contributed by atoms with E-state index in [1.54, 1.807) is 4.57 Å². The Labute approximate surface area is 181 Å². The number of fused-ring (bicyclic) bond motifs is 3. The van der Waals surface area contributed by atoms with Gasteiger partial charge in [0, 0.05) is 19.0 Å². The van der Waals surface area contributed by atoms with Crippen LogP contribution >= 0.6 is 0 Å². The van der Waals surface area contributed by atoms with Crippen molar-refractivity contribution in [2.24, 2.45) is 11.8 Å². The van der Waals surface area contributed by atoms with Crippen LogP contribution in [0.2, 0.25) is 0 Å². The summed E-state index contributed by atoms with van der Waals surface area (Å²) in [6, 6.07) is 10.3. The average Bonchev–Trinajstić information content (AvgIpc) is 3.50. The summed E-state index contributed by atoms with van der Waals surface area (Å²) in [7, 11) is 0. The van der Waals surface area contributed by atoms with Crippen LogP contribution in [0.3, 0.4) is 0 Å². The van der Waals surface area contributed by atoms with Crippen LogP contribution in [0, 0.1) is 11.8 Å². The van der Waals surface area contributed by atoms with E-state index in [2.05, 4.69) is 35.8 Å². The molecule has 2 aromatic heterocycles. The largest absolute Gasteiger partial charge is 0.332 e. The monoisotopic (exact) mass is 418 g/mol. The number of allylic oxidation sites excluding steroid dienone is 2. The molecule has 0 aliphatic heterocycles. The maximum atomic E-state index is 13.3. The number of hydrogen-bond acceptors (Lipinski definition) is 3. The number of rotatable bonds is 7. The van der Waals surface area contributed by atoms with Crippen molar-refractivity contribution in [3.63, 3.8) is 0 Å². The fourth-order valence-electron chi connectivity index (χ4n) is 5.46. The molecule has 0 N–H and O–H groups in total. The van der Waals surface area contributed by atoms with Gasteiger partial charge in [0.05, 0.1) is 6.54 Å². The number of aromatic nitrogens is 4. The summed E-state index contributed by atoms with van der Waals surface area (Å²) in [5, 5.41) is 0. The van der Waals surface area contributed by atoms with Gasteiger partial charge in [-0.3, -0.25) is 13.9 Å². The Hall–Kier alpha value is -2.89. The molecule has 1 saturated carbocycles. The van der Waals surface area contributed by atoms with Gasteiger partial charge in [-0.15, -0.1) is 0 Å². The first-order valence-corrected chi connectivity index (χ1v) is 11.6. The van der Waals surface area contributed by atoms with Gasteiger partial charge in [-0.25, -0.2) is 9.78 Å². The van der Waals surface area contributed by atoms with Crippen LogP contribution in [0.1, 0.15) is 56.8 Å². The van der Waals surface area contributed by atoms with Crippen LogP contribution in [-0.2, 0) is 19.6 Å². The Kier molecular flexibility index (Phi) is 5.16. The molecule has 6 nitrogen and oxygen atoms in total. The first-order valence-electron chi connectivity index (χ1n) is 11.6. The zero-order chi connectivity index (χ0) is 21.5. The molecular weight excluding hydrogens is 388 g/mol. The van der Waals surface area contributed by atoms with E-state index in [9.17, 15) is 9.59 Å². The molecule has 1 fully saturated rings. The van der Waals surface area contributed by atoms with Crippen molar-refractivity contribution in [3.8, 4) is 0 Å². The lowest BCUT2D eigenvalue weighted by Crippen LogP contribution is -2.40. The molecule has 0 spiro atoms. The molecule has 162 valence electrons. The molecule has 3 atom stereocenters. The van der Waals surface area contributed by atoms with Crippen molar-refractivity contribution in [1.29, 1.82) is 0 Å². The summed E-state index contributed by atoms with van der Waals surface area (Å²) in [5.74, 6) is 2.34. The second-order valence-corrected chi connectivity index (χ2v) is 8.99. The van der Waals surface area contributed by atoms with Gasteiger partial charge in [0.2, 0.25) is 0 Å². The molecule has 0 unspecified atom stereocenters. The molecule has 6 heteroatoms. The summed E-state index contributed by atoms with van der Waals surface area (Å²) < 4.78 is 5.33. The molecule has 2 heterocycles. The van der Waals surface area contributed by atoms with Crippen LogP contribution in [-0.4, -0.2) is 18.7 Å². The quantitative estimate of drug-likeness (QED) is 0.547. The Morgan fingerprint density at radius 2 is 1.68 bits per heavy atom. The molecule has 0 amide bonds. The lowest BCUT2D eigenvalue weighted by Gasteiger charge is -2.20. The van der Waals surface area contributed by atoms with Gasteiger partial charge in [-0.1, -0.05) is 56.3 Å². The number of imidazole rings is 1. The van der Waals surface area contributed by atoms with Gasteiger partial charge in [0.1, 0.15) is 5.82 Å². The van der Waals surface area contributed by atoms with E-state index in [1.165, 1.54) is 11.0 Å². The Morgan fingerprint density at radius 1 is 0.935 bits per heavy atom. The Morgan fingerprint density at radius 3 is 2.32 bits per heavy atom. The molecule has 3 aromatic rings. The van der Waals surface area contributed by atoms with Crippen LogP contribution < -0.4 is 11.2 Å². The van der Waals surface area contributed by atoms with Crippen molar-refractivity contribution in [1.82, 2.24) is 18.7 Å². The molecule has 1 aromatic carbocycles. The highest BCUT2D eigenvalue weighted by molar-refractivity contribution is 5.71. The van der Waals surface area contributed by atoms with Crippen molar-refractivity contribution in [2.75, 3.05) is 0 Å². The maximum absolute atomic E-state index is 13.3. The number of hydrogen-bond donors (Lipinski definition) is 0. The van der Waals surface area contributed by atoms with E-state index >= 15 is 0 Å². The third-order valence-corrected chi connectivity index (χ3v) is 6.82. The Bertz CT molecular complexity index is 1250. The summed E-state index contributed by atoms with van der Waals surface area (Å²) in [4.78, 5) is 31.6. The summed E-state index contributed by atoms with van der Waals surface area (Å²) >= 11 is 0. The van der Waals surface area contributed by atoms with Gasteiger partial charge in [0.15, 0.2) is 11.2 Å². The minimum atomic E-state index is -0.249. The molecule has 2 aliphatic carbocycles.